The van der Waals surface area contributed by atoms with Gasteiger partial charge in [0.2, 0.25) is 5.95 Å². The van der Waals surface area contributed by atoms with Gasteiger partial charge in [-0.2, -0.15) is 13.2 Å². The number of benzene rings is 1. The second-order valence-corrected chi connectivity index (χ2v) is 3.80. The van der Waals surface area contributed by atoms with Crippen LogP contribution < -0.4 is 5.32 Å². The van der Waals surface area contributed by atoms with Crippen LogP contribution in [0.5, 0.6) is 0 Å². The highest BCUT2D eigenvalue weighted by molar-refractivity contribution is 5.92. The minimum Gasteiger partial charge on any atom is -0.375 e. The number of H-pyrrole nitrogens is 1. The summed E-state index contributed by atoms with van der Waals surface area (Å²) in [6.07, 6.45) is -4.42. The number of nitrogens with zero attached hydrogens (tertiary/aromatic N) is 1. The van der Waals surface area contributed by atoms with Crippen molar-refractivity contribution in [3.05, 3.63) is 23.8 Å². The number of aromatic amines is 1. The van der Waals surface area contributed by atoms with Crippen LogP contribution in [0.25, 0.3) is 11.0 Å². The van der Waals surface area contributed by atoms with Crippen LogP contribution in [0.15, 0.2) is 18.2 Å². The first-order valence-corrected chi connectivity index (χ1v) is 5.26. The minimum atomic E-state index is -4.42. The molecule has 0 atom stereocenters. The van der Waals surface area contributed by atoms with Crippen LogP contribution in [-0.2, 0) is 15.7 Å². The van der Waals surface area contributed by atoms with Gasteiger partial charge in [0, 0.05) is 7.11 Å². The third-order valence-electron chi connectivity index (χ3n) is 2.34. The standard InChI is InChI=1S/C11H10F3N3O2/c1-19-5-9(18)17-10-15-7-3-2-6(11(12,13)14)4-8(7)16-10/h2-4H,5H2,1H3,(H2,15,16,17,18). The summed E-state index contributed by atoms with van der Waals surface area (Å²) in [4.78, 5) is 17.8. The molecule has 8 heteroatoms. The summed E-state index contributed by atoms with van der Waals surface area (Å²) in [6.45, 7) is -0.162. The molecule has 0 unspecified atom stereocenters. The molecule has 0 spiro atoms. The number of aromatic nitrogens is 2. The Bertz CT molecular complexity index is 607. The summed E-state index contributed by atoms with van der Waals surface area (Å²) in [5.74, 6) is -0.367. The van der Waals surface area contributed by atoms with E-state index < -0.39 is 17.6 Å². The van der Waals surface area contributed by atoms with Gasteiger partial charge in [-0.3, -0.25) is 10.1 Å². The molecule has 0 aliphatic heterocycles. The topological polar surface area (TPSA) is 67.0 Å². The highest BCUT2D eigenvalue weighted by atomic mass is 19.4. The molecule has 0 aliphatic carbocycles. The van der Waals surface area contributed by atoms with Crippen molar-refractivity contribution in [1.29, 1.82) is 0 Å². The van der Waals surface area contributed by atoms with Crippen LogP contribution >= 0.6 is 0 Å². The zero-order valence-corrected chi connectivity index (χ0v) is 9.84. The van der Waals surface area contributed by atoms with Gasteiger partial charge in [0.1, 0.15) is 6.61 Å². The van der Waals surface area contributed by atoms with Crippen molar-refractivity contribution in [3.8, 4) is 0 Å². The van der Waals surface area contributed by atoms with Gasteiger partial charge in [-0.05, 0) is 18.2 Å². The Morgan fingerprint density at radius 2 is 2.21 bits per heavy atom. The molecule has 0 aliphatic rings. The van der Waals surface area contributed by atoms with Gasteiger partial charge in [-0.25, -0.2) is 4.98 Å². The predicted molar refractivity (Wildman–Crippen MR) is 61.6 cm³/mol. The van der Waals surface area contributed by atoms with Crippen molar-refractivity contribution in [2.75, 3.05) is 19.0 Å². The lowest BCUT2D eigenvalue weighted by Gasteiger charge is -2.05. The Morgan fingerprint density at radius 1 is 1.47 bits per heavy atom. The van der Waals surface area contributed by atoms with Crippen molar-refractivity contribution in [3.63, 3.8) is 0 Å². The van der Waals surface area contributed by atoms with Crippen molar-refractivity contribution in [2.24, 2.45) is 0 Å². The maximum absolute atomic E-state index is 12.5. The average molecular weight is 273 g/mol. The number of anilines is 1. The number of imidazole rings is 1. The number of halogens is 3. The SMILES string of the molecule is COCC(=O)Nc1nc2ccc(C(F)(F)F)cc2[nH]1. The van der Waals surface area contributed by atoms with E-state index in [0.29, 0.717) is 5.52 Å². The number of alkyl halides is 3. The molecule has 1 amide bonds. The molecule has 0 fully saturated rings. The number of methoxy groups -OCH3 is 1. The summed E-state index contributed by atoms with van der Waals surface area (Å²) in [5.41, 5.74) is -0.248. The van der Waals surface area contributed by atoms with E-state index in [4.69, 9.17) is 0 Å². The van der Waals surface area contributed by atoms with Crippen LogP contribution in [0.1, 0.15) is 5.56 Å². The number of hydrogen-bond donors (Lipinski definition) is 2. The van der Waals surface area contributed by atoms with E-state index >= 15 is 0 Å². The zero-order valence-electron chi connectivity index (χ0n) is 9.84. The number of carbonyl (C=O) groups excluding carboxylic acids is 1. The van der Waals surface area contributed by atoms with E-state index in [1.807, 2.05) is 0 Å². The number of nitrogens with one attached hydrogen (secondary N) is 2. The van der Waals surface area contributed by atoms with Crippen LogP contribution in [0, 0.1) is 0 Å². The fourth-order valence-electron chi connectivity index (χ4n) is 1.54. The largest absolute Gasteiger partial charge is 0.416 e. The molecule has 5 nitrogen and oxygen atoms in total. The molecule has 0 bridgehead atoms. The molecule has 19 heavy (non-hydrogen) atoms. The summed E-state index contributed by atoms with van der Waals surface area (Å²) >= 11 is 0. The lowest BCUT2D eigenvalue weighted by Crippen LogP contribution is -2.17. The first-order chi connectivity index (χ1) is 8.90. The summed E-state index contributed by atoms with van der Waals surface area (Å²) in [5, 5.41) is 2.38. The smallest absolute Gasteiger partial charge is 0.375 e. The van der Waals surface area contributed by atoms with Crippen molar-refractivity contribution in [2.45, 2.75) is 6.18 Å². The number of carbonyl (C=O) groups is 1. The Labute approximate surface area is 105 Å². The molecular formula is C11H10F3N3O2. The number of amides is 1. The Morgan fingerprint density at radius 3 is 2.84 bits per heavy atom. The number of fused-ring (bicyclic) bond motifs is 1. The van der Waals surface area contributed by atoms with E-state index in [1.165, 1.54) is 13.2 Å². The highest BCUT2D eigenvalue weighted by Crippen LogP contribution is 2.31. The molecule has 1 aromatic carbocycles. The molecule has 2 rings (SSSR count). The van der Waals surface area contributed by atoms with Gasteiger partial charge in [0.05, 0.1) is 16.6 Å². The zero-order chi connectivity index (χ0) is 14.0. The summed E-state index contributed by atoms with van der Waals surface area (Å²) in [7, 11) is 1.35. The second kappa shape index (κ2) is 4.88. The first kappa shape index (κ1) is 13.3. The number of rotatable bonds is 3. The molecule has 102 valence electrons. The maximum Gasteiger partial charge on any atom is 0.416 e. The van der Waals surface area contributed by atoms with Gasteiger partial charge >= 0.3 is 6.18 Å². The van der Waals surface area contributed by atoms with Gasteiger partial charge in [-0.15, -0.1) is 0 Å². The third kappa shape index (κ3) is 3.02. The monoisotopic (exact) mass is 273 g/mol. The van der Waals surface area contributed by atoms with Gasteiger partial charge in [0.25, 0.3) is 5.91 Å². The molecule has 1 heterocycles. The molecule has 0 saturated heterocycles. The van der Waals surface area contributed by atoms with Crippen LogP contribution in [-0.4, -0.2) is 29.6 Å². The predicted octanol–water partition coefficient (Wildman–Crippen LogP) is 2.17. The van der Waals surface area contributed by atoms with Gasteiger partial charge in [0.15, 0.2) is 0 Å². The lowest BCUT2D eigenvalue weighted by molar-refractivity contribution is -0.137. The maximum atomic E-state index is 12.5. The summed E-state index contributed by atoms with van der Waals surface area (Å²) < 4.78 is 42.1. The molecule has 2 aromatic rings. The van der Waals surface area contributed by atoms with E-state index in [1.54, 1.807) is 0 Å². The second-order valence-electron chi connectivity index (χ2n) is 3.80. The van der Waals surface area contributed by atoms with Crippen LogP contribution in [0.3, 0.4) is 0 Å². The van der Waals surface area contributed by atoms with Crippen LogP contribution in [0.4, 0.5) is 19.1 Å². The molecule has 2 N–H and O–H groups in total. The van der Waals surface area contributed by atoms with Crippen molar-refractivity contribution < 1.29 is 22.7 Å². The van der Waals surface area contributed by atoms with Gasteiger partial charge < -0.3 is 9.72 Å². The highest BCUT2D eigenvalue weighted by Gasteiger charge is 2.30. The Kier molecular flexibility index (Phi) is 3.43. The third-order valence-corrected chi connectivity index (χ3v) is 2.34. The number of hydrogen-bond acceptors (Lipinski definition) is 3. The normalized spacial score (nSPS) is 11.8. The number of ether oxygens (including phenoxy) is 1. The van der Waals surface area contributed by atoms with Crippen molar-refractivity contribution in [1.82, 2.24) is 9.97 Å². The average Bonchev–Trinajstić information content (AvgIpc) is 2.68. The van der Waals surface area contributed by atoms with E-state index in [9.17, 15) is 18.0 Å². The lowest BCUT2D eigenvalue weighted by atomic mass is 10.2. The molecule has 0 saturated carbocycles. The van der Waals surface area contributed by atoms with Crippen LogP contribution in [0.2, 0.25) is 0 Å². The quantitative estimate of drug-likeness (QED) is 0.900. The minimum absolute atomic E-state index is 0.0800. The van der Waals surface area contributed by atoms with Crippen molar-refractivity contribution >= 4 is 22.9 Å². The molecular weight excluding hydrogens is 263 g/mol. The summed E-state index contributed by atoms with van der Waals surface area (Å²) in [6, 6.07) is 3.11. The Balaban J connectivity index is 2.28. The van der Waals surface area contributed by atoms with Gasteiger partial charge in [-0.1, -0.05) is 0 Å². The molecule has 1 aromatic heterocycles. The van der Waals surface area contributed by atoms with E-state index in [-0.39, 0.29) is 18.1 Å². The van der Waals surface area contributed by atoms with E-state index in [2.05, 4.69) is 20.0 Å². The Hall–Kier alpha value is -2.09. The fraction of sp³-hybridized carbons (Fsp3) is 0.273. The molecule has 0 radical (unpaired) electrons. The van der Waals surface area contributed by atoms with E-state index in [0.717, 1.165) is 12.1 Å². The fourth-order valence-corrected chi connectivity index (χ4v) is 1.54. The first-order valence-electron chi connectivity index (χ1n) is 5.26.